The monoisotopic (exact) mass is 272 g/mol. The summed E-state index contributed by atoms with van der Waals surface area (Å²) < 4.78 is 0. The molecule has 2 aliphatic heterocycles. The van der Waals surface area contributed by atoms with Gasteiger partial charge in [-0.3, -0.25) is 9.59 Å². The van der Waals surface area contributed by atoms with Gasteiger partial charge >= 0.3 is 0 Å². The summed E-state index contributed by atoms with van der Waals surface area (Å²) in [7, 11) is 0. The van der Waals surface area contributed by atoms with Crippen LogP contribution in [0.1, 0.15) is 24.8 Å². The lowest BCUT2D eigenvalue weighted by Crippen LogP contribution is -2.45. The summed E-state index contributed by atoms with van der Waals surface area (Å²) >= 11 is 0. The number of carbonyl (C=O) groups excluding carboxylic acids is 2. The minimum absolute atomic E-state index is 0.147. The first-order chi connectivity index (χ1) is 9.74. The van der Waals surface area contributed by atoms with E-state index >= 15 is 0 Å². The predicted molar refractivity (Wildman–Crippen MR) is 77.8 cm³/mol. The van der Waals surface area contributed by atoms with E-state index in [0.717, 1.165) is 19.4 Å². The van der Waals surface area contributed by atoms with Gasteiger partial charge in [-0.1, -0.05) is 18.2 Å². The molecule has 0 aliphatic carbocycles. The van der Waals surface area contributed by atoms with E-state index in [2.05, 4.69) is 23.1 Å². The average Bonchev–Trinajstić information content (AvgIpc) is 2.48. The Morgan fingerprint density at radius 1 is 1.05 bits per heavy atom. The lowest BCUT2D eigenvalue weighted by atomic mass is 10.0. The van der Waals surface area contributed by atoms with Crippen molar-refractivity contribution in [1.82, 2.24) is 4.90 Å². The Kier molecular flexibility index (Phi) is 3.72. The Balaban J connectivity index is 1.66. The molecule has 0 spiro atoms. The number of piperidine rings is 1. The molecule has 2 heterocycles. The average molecular weight is 272 g/mol. The van der Waals surface area contributed by atoms with Gasteiger partial charge in [-0.05, 0) is 24.5 Å². The molecule has 0 bridgehead atoms. The van der Waals surface area contributed by atoms with Gasteiger partial charge in [-0.2, -0.15) is 0 Å². The molecule has 1 fully saturated rings. The number of Topliss-reactive ketones (excluding diaryl/α,β-unsaturated/α-hetero) is 1. The van der Waals surface area contributed by atoms with Crippen molar-refractivity contribution in [2.75, 3.05) is 31.1 Å². The van der Waals surface area contributed by atoms with Crippen molar-refractivity contribution in [2.45, 2.75) is 25.7 Å². The van der Waals surface area contributed by atoms with Crippen LogP contribution in [-0.4, -0.2) is 42.8 Å². The van der Waals surface area contributed by atoms with Crippen LogP contribution >= 0.6 is 0 Å². The number of anilines is 1. The van der Waals surface area contributed by atoms with Gasteiger partial charge in [0, 0.05) is 38.2 Å². The molecule has 1 aromatic carbocycles. The highest BCUT2D eigenvalue weighted by Gasteiger charge is 2.24. The summed E-state index contributed by atoms with van der Waals surface area (Å²) in [4.78, 5) is 27.6. The van der Waals surface area contributed by atoms with Gasteiger partial charge in [0.15, 0.2) is 0 Å². The first-order valence-corrected chi connectivity index (χ1v) is 7.36. The first kappa shape index (κ1) is 13.2. The maximum absolute atomic E-state index is 12.4. The molecule has 3 rings (SSSR count). The van der Waals surface area contributed by atoms with Crippen LogP contribution < -0.4 is 4.90 Å². The van der Waals surface area contributed by atoms with Gasteiger partial charge < -0.3 is 9.80 Å². The molecule has 1 aromatic rings. The maximum Gasteiger partial charge on any atom is 0.242 e. The Bertz CT molecular complexity index is 517. The van der Waals surface area contributed by atoms with Crippen molar-refractivity contribution in [2.24, 2.45) is 0 Å². The van der Waals surface area contributed by atoms with E-state index in [9.17, 15) is 9.59 Å². The number of hydrogen-bond acceptors (Lipinski definition) is 3. The molecular formula is C16H20N2O2. The summed E-state index contributed by atoms with van der Waals surface area (Å²) in [5, 5.41) is 0. The summed E-state index contributed by atoms with van der Waals surface area (Å²) in [6.07, 6.45) is 3.23. The molecule has 0 N–H and O–H groups in total. The fourth-order valence-corrected chi connectivity index (χ4v) is 3.04. The third-order valence-electron chi connectivity index (χ3n) is 4.21. The molecule has 4 heteroatoms. The number of fused-ring (bicyclic) bond motifs is 1. The van der Waals surface area contributed by atoms with Crippen molar-refractivity contribution >= 4 is 17.4 Å². The van der Waals surface area contributed by atoms with Gasteiger partial charge in [0.05, 0.1) is 6.54 Å². The molecule has 20 heavy (non-hydrogen) atoms. The summed E-state index contributed by atoms with van der Waals surface area (Å²) in [6, 6.07) is 8.33. The third-order valence-corrected chi connectivity index (χ3v) is 4.21. The van der Waals surface area contributed by atoms with E-state index in [-0.39, 0.29) is 11.7 Å². The van der Waals surface area contributed by atoms with E-state index < -0.39 is 0 Å². The number of ketones is 1. The van der Waals surface area contributed by atoms with E-state index in [4.69, 9.17) is 0 Å². The minimum Gasteiger partial charge on any atom is -0.362 e. The molecule has 0 aromatic heterocycles. The molecule has 0 atom stereocenters. The van der Waals surface area contributed by atoms with Crippen LogP contribution in [0, 0.1) is 0 Å². The molecule has 0 saturated carbocycles. The number of amides is 1. The van der Waals surface area contributed by atoms with Crippen LogP contribution in [-0.2, 0) is 16.0 Å². The number of likely N-dealkylation sites (tertiary alicyclic amines) is 1. The molecule has 1 saturated heterocycles. The second kappa shape index (κ2) is 5.65. The normalized spacial score (nSPS) is 18.9. The Morgan fingerprint density at radius 3 is 2.60 bits per heavy atom. The number of carbonyl (C=O) groups is 2. The molecule has 4 nitrogen and oxygen atoms in total. The van der Waals surface area contributed by atoms with E-state index in [0.29, 0.717) is 32.5 Å². The highest BCUT2D eigenvalue weighted by Crippen LogP contribution is 2.26. The molecular weight excluding hydrogens is 252 g/mol. The van der Waals surface area contributed by atoms with Gasteiger partial charge in [-0.25, -0.2) is 0 Å². The highest BCUT2D eigenvalue weighted by molar-refractivity contribution is 5.85. The van der Waals surface area contributed by atoms with Gasteiger partial charge in [0.2, 0.25) is 5.91 Å². The number of aryl methyl sites for hydroxylation is 1. The zero-order valence-corrected chi connectivity index (χ0v) is 11.7. The van der Waals surface area contributed by atoms with Crippen LogP contribution in [0.5, 0.6) is 0 Å². The van der Waals surface area contributed by atoms with Crippen LogP contribution in [0.3, 0.4) is 0 Å². The number of para-hydroxylation sites is 1. The molecule has 1 amide bonds. The van der Waals surface area contributed by atoms with E-state index in [1.54, 1.807) is 0 Å². The first-order valence-electron chi connectivity index (χ1n) is 7.36. The van der Waals surface area contributed by atoms with Crippen molar-refractivity contribution in [3.63, 3.8) is 0 Å². The van der Waals surface area contributed by atoms with E-state index in [1.807, 2.05) is 11.0 Å². The standard InChI is InChI=1S/C16H20N2O2/c19-14-7-10-17(11-8-14)16(20)12-18-9-3-5-13-4-1-2-6-15(13)18/h1-2,4,6H,3,5,7-12H2. The van der Waals surface area contributed by atoms with Crippen LogP contribution in [0.25, 0.3) is 0 Å². The minimum atomic E-state index is 0.147. The fourth-order valence-electron chi connectivity index (χ4n) is 3.04. The second-order valence-corrected chi connectivity index (χ2v) is 5.57. The SMILES string of the molecule is O=C1CCN(C(=O)CN2CCCc3ccccc32)CC1. The zero-order valence-electron chi connectivity index (χ0n) is 11.7. The van der Waals surface area contributed by atoms with Crippen molar-refractivity contribution in [1.29, 1.82) is 0 Å². The molecule has 0 unspecified atom stereocenters. The Hall–Kier alpha value is -1.84. The van der Waals surface area contributed by atoms with Crippen molar-refractivity contribution in [3.8, 4) is 0 Å². The molecule has 2 aliphatic rings. The fraction of sp³-hybridized carbons (Fsp3) is 0.500. The lowest BCUT2D eigenvalue weighted by molar-refractivity contribution is -0.133. The third kappa shape index (κ3) is 2.69. The number of rotatable bonds is 2. The van der Waals surface area contributed by atoms with Gasteiger partial charge in [-0.15, -0.1) is 0 Å². The summed E-state index contributed by atoms with van der Waals surface area (Å²) in [5.41, 5.74) is 2.53. The predicted octanol–water partition coefficient (Wildman–Crippen LogP) is 1.63. The highest BCUT2D eigenvalue weighted by atomic mass is 16.2. The Labute approximate surface area is 119 Å². The number of hydrogen-bond donors (Lipinski definition) is 0. The number of nitrogens with zero attached hydrogens (tertiary/aromatic N) is 2. The van der Waals surface area contributed by atoms with Gasteiger partial charge in [0.25, 0.3) is 0 Å². The van der Waals surface area contributed by atoms with Crippen molar-refractivity contribution < 1.29 is 9.59 Å². The van der Waals surface area contributed by atoms with Crippen LogP contribution in [0.2, 0.25) is 0 Å². The van der Waals surface area contributed by atoms with Crippen molar-refractivity contribution in [3.05, 3.63) is 29.8 Å². The maximum atomic E-state index is 12.4. The lowest BCUT2D eigenvalue weighted by Gasteiger charge is -2.33. The second-order valence-electron chi connectivity index (χ2n) is 5.57. The summed E-state index contributed by atoms with van der Waals surface area (Å²) in [6.45, 7) is 2.56. The number of benzene rings is 1. The summed E-state index contributed by atoms with van der Waals surface area (Å²) in [5.74, 6) is 0.423. The topological polar surface area (TPSA) is 40.6 Å². The Morgan fingerprint density at radius 2 is 1.80 bits per heavy atom. The smallest absolute Gasteiger partial charge is 0.242 e. The van der Waals surface area contributed by atoms with E-state index in [1.165, 1.54) is 11.3 Å². The quantitative estimate of drug-likeness (QED) is 0.821. The zero-order chi connectivity index (χ0) is 13.9. The van der Waals surface area contributed by atoms with Crippen LogP contribution in [0.4, 0.5) is 5.69 Å². The van der Waals surface area contributed by atoms with Gasteiger partial charge in [0.1, 0.15) is 5.78 Å². The van der Waals surface area contributed by atoms with Crippen LogP contribution in [0.15, 0.2) is 24.3 Å². The molecule has 106 valence electrons. The molecule has 0 radical (unpaired) electrons. The largest absolute Gasteiger partial charge is 0.362 e.